The maximum Gasteiger partial charge on any atom is 0.231 e. The van der Waals surface area contributed by atoms with Gasteiger partial charge in [0.1, 0.15) is 5.01 Å². The maximum absolute atomic E-state index is 6.04. The van der Waals surface area contributed by atoms with Crippen molar-refractivity contribution < 1.29 is 4.52 Å². The van der Waals surface area contributed by atoms with E-state index in [2.05, 4.69) is 20.0 Å². The summed E-state index contributed by atoms with van der Waals surface area (Å²) in [4.78, 5) is 11.4. The molecule has 124 valence electrons. The van der Waals surface area contributed by atoms with Gasteiger partial charge in [0.2, 0.25) is 11.7 Å². The predicted molar refractivity (Wildman–Crippen MR) is 94.1 cm³/mol. The van der Waals surface area contributed by atoms with E-state index in [1.165, 1.54) is 0 Å². The van der Waals surface area contributed by atoms with E-state index in [1.807, 2.05) is 35.8 Å². The minimum atomic E-state index is 0.277. The first-order chi connectivity index (χ1) is 11.8. The van der Waals surface area contributed by atoms with Crippen LogP contribution in [0, 0.1) is 0 Å². The molecule has 1 aromatic carbocycles. The van der Waals surface area contributed by atoms with Crippen LogP contribution in [-0.2, 0) is 6.54 Å². The van der Waals surface area contributed by atoms with Crippen molar-refractivity contribution in [3.05, 3.63) is 51.8 Å². The summed E-state index contributed by atoms with van der Waals surface area (Å²) in [5.41, 5.74) is 0.882. The van der Waals surface area contributed by atoms with Gasteiger partial charge in [-0.25, -0.2) is 4.98 Å². The number of aromatic nitrogens is 3. The summed E-state index contributed by atoms with van der Waals surface area (Å²) in [5, 5.41) is 7.98. The van der Waals surface area contributed by atoms with E-state index >= 15 is 0 Å². The Morgan fingerprint density at radius 3 is 3.17 bits per heavy atom. The van der Waals surface area contributed by atoms with E-state index in [0.717, 1.165) is 43.0 Å². The Morgan fingerprint density at radius 2 is 2.33 bits per heavy atom. The lowest BCUT2D eigenvalue weighted by atomic mass is 9.98. The first-order valence-electron chi connectivity index (χ1n) is 7.98. The van der Waals surface area contributed by atoms with Gasteiger partial charge in [-0.2, -0.15) is 4.98 Å². The number of halogens is 1. The molecule has 0 N–H and O–H groups in total. The molecule has 1 aliphatic heterocycles. The van der Waals surface area contributed by atoms with Gasteiger partial charge in [0, 0.05) is 28.7 Å². The van der Waals surface area contributed by atoms with Gasteiger partial charge in [0.05, 0.1) is 12.5 Å². The average Bonchev–Trinajstić information content (AvgIpc) is 3.27. The molecule has 1 saturated heterocycles. The highest BCUT2D eigenvalue weighted by molar-refractivity contribution is 7.09. The van der Waals surface area contributed by atoms with Crippen molar-refractivity contribution in [1.82, 2.24) is 20.0 Å². The van der Waals surface area contributed by atoms with Crippen LogP contribution in [0.25, 0.3) is 11.4 Å². The van der Waals surface area contributed by atoms with Crippen LogP contribution in [0.2, 0.25) is 5.02 Å². The number of likely N-dealkylation sites (tertiary alicyclic amines) is 1. The smallest absolute Gasteiger partial charge is 0.231 e. The summed E-state index contributed by atoms with van der Waals surface area (Å²) >= 11 is 7.74. The van der Waals surface area contributed by atoms with Crippen molar-refractivity contribution in [3.63, 3.8) is 0 Å². The average molecular weight is 361 g/mol. The van der Waals surface area contributed by atoms with E-state index in [4.69, 9.17) is 16.1 Å². The Hall–Kier alpha value is -1.76. The van der Waals surface area contributed by atoms with Gasteiger partial charge in [-0.3, -0.25) is 4.90 Å². The highest BCUT2D eigenvalue weighted by Crippen LogP contribution is 2.29. The minimum absolute atomic E-state index is 0.277. The van der Waals surface area contributed by atoms with Gasteiger partial charge in [-0.15, -0.1) is 11.3 Å². The summed E-state index contributed by atoms with van der Waals surface area (Å²) in [6.07, 6.45) is 4.06. The zero-order valence-electron chi connectivity index (χ0n) is 13.1. The Balaban J connectivity index is 1.47. The van der Waals surface area contributed by atoms with E-state index < -0.39 is 0 Å². The van der Waals surface area contributed by atoms with Crippen LogP contribution in [-0.4, -0.2) is 33.1 Å². The summed E-state index contributed by atoms with van der Waals surface area (Å²) < 4.78 is 5.54. The fourth-order valence-electron chi connectivity index (χ4n) is 3.07. The van der Waals surface area contributed by atoms with Crippen LogP contribution >= 0.6 is 22.9 Å². The van der Waals surface area contributed by atoms with Crippen molar-refractivity contribution in [2.45, 2.75) is 25.3 Å². The summed E-state index contributed by atoms with van der Waals surface area (Å²) in [6, 6.07) is 7.52. The minimum Gasteiger partial charge on any atom is -0.339 e. The SMILES string of the molecule is Clc1cccc(-c2noc(C3CCCN(Cc4nccs4)C3)n2)c1. The number of rotatable bonds is 4. The lowest BCUT2D eigenvalue weighted by Gasteiger charge is -2.30. The molecule has 3 aromatic rings. The lowest BCUT2D eigenvalue weighted by Crippen LogP contribution is -2.34. The summed E-state index contributed by atoms with van der Waals surface area (Å²) in [5.74, 6) is 1.59. The van der Waals surface area contributed by atoms with Crippen LogP contribution in [0.1, 0.15) is 29.7 Å². The molecule has 1 atom stereocenters. The molecule has 0 amide bonds. The molecule has 24 heavy (non-hydrogen) atoms. The quantitative estimate of drug-likeness (QED) is 0.697. The molecule has 1 unspecified atom stereocenters. The molecule has 2 aromatic heterocycles. The zero-order valence-corrected chi connectivity index (χ0v) is 14.6. The summed E-state index contributed by atoms with van der Waals surface area (Å²) in [6.45, 7) is 2.91. The first kappa shape index (κ1) is 15.7. The molecule has 0 radical (unpaired) electrons. The van der Waals surface area contributed by atoms with Crippen LogP contribution < -0.4 is 0 Å². The molecule has 0 bridgehead atoms. The third-order valence-corrected chi connectivity index (χ3v) is 5.22. The first-order valence-corrected chi connectivity index (χ1v) is 9.24. The maximum atomic E-state index is 6.04. The van der Waals surface area contributed by atoms with Crippen LogP contribution in [0.4, 0.5) is 0 Å². The van der Waals surface area contributed by atoms with Crippen molar-refractivity contribution in [1.29, 1.82) is 0 Å². The van der Waals surface area contributed by atoms with E-state index in [-0.39, 0.29) is 5.92 Å². The molecule has 0 saturated carbocycles. The number of nitrogens with zero attached hydrogens (tertiary/aromatic N) is 4. The molecule has 1 fully saturated rings. The van der Waals surface area contributed by atoms with Crippen LogP contribution in [0.3, 0.4) is 0 Å². The molecule has 4 rings (SSSR count). The molecular formula is C17H17ClN4OS. The van der Waals surface area contributed by atoms with E-state index in [0.29, 0.717) is 16.7 Å². The molecule has 7 heteroatoms. The fraction of sp³-hybridized carbons (Fsp3) is 0.353. The number of piperidine rings is 1. The summed E-state index contributed by atoms with van der Waals surface area (Å²) in [7, 11) is 0. The second-order valence-electron chi connectivity index (χ2n) is 5.97. The van der Waals surface area contributed by atoms with Gasteiger partial charge in [-0.1, -0.05) is 28.9 Å². The third-order valence-electron chi connectivity index (χ3n) is 4.22. The normalized spacial score (nSPS) is 18.8. The highest BCUT2D eigenvalue weighted by Gasteiger charge is 2.26. The third kappa shape index (κ3) is 3.50. The van der Waals surface area contributed by atoms with E-state index in [9.17, 15) is 0 Å². The van der Waals surface area contributed by atoms with Gasteiger partial charge < -0.3 is 4.52 Å². The molecule has 5 nitrogen and oxygen atoms in total. The Kier molecular flexibility index (Phi) is 4.60. The zero-order chi connectivity index (χ0) is 16.4. The van der Waals surface area contributed by atoms with Crippen molar-refractivity contribution in [2.75, 3.05) is 13.1 Å². The van der Waals surface area contributed by atoms with Gasteiger partial charge >= 0.3 is 0 Å². The molecular weight excluding hydrogens is 344 g/mol. The second-order valence-corrected chi connectivity index (χ2v) is 7.38. The Labute approximate surface area is 149 Å². The van der Waals surface area contributed by atoms with Gasteiger partial charge in [0.15, 0.2) is 0 Å². The van der Waals surface area contributed by atoms with Crippen molar-refractivity contribution in [3.8, 4) is 11.4 Å². The van der Waals surface area contributed by atoms with Crippen molar-refractivity contribution >= 4 is 22.9 Å². The second kappa shape index (κ2) is 7.01. The Morgan fingerprint density at radius 1 is 1.38 bits per heavy atom. The van der Waals surface area contributed by atoms with Crippen molar-refractivity contribution in [2.24, 2.45) is 0 Å². The monoisotopic (exact) mass is 360 g/mol. The Bertz CT molecular complexity index is 805. The molecule has 0 aliphatic carbocycles. The van der Waals surface area contributed by atoms with Gasteiger partial charge in [0.25, 0.3) is 0 Å². The van der Waals surface area contributed by atoms with Crippen LogP contribution in [0.5, 0.6) is 0 Å². The number of benzene rings is 1. The highest BCUT2D eigenvalue weighted by atomic mass is 35.5. The molecule has 0 spiro atoms. The molecule has 1 aliphatic rings. The molecule has 3 heterocycles. The lowest BCUT2D eigenvalue weighted by molar-refractivity contribution is 0.180. The van der Waals surface area contributed by atoms with Crippen LogP contribution in [0.15, 0.2) is 40.4 Å². The number of hydrogen-bond donors (Lipinski definition) is 0. The number of thiazole rings is 1. The standard InChI is InChI=1S/C17H17ClN4OS/c18-14-5-1-3-12(9-14)16-20-17(23-21-16)13-4-2-7-22(10-13)11-15-19-6-8-24-15/h1,3,5-6,8-9,13H,2,4,7,10-11H2. The van der Waals surface area contributed by atoms with Gasteiger partial charge in [-0.05, 0) is 31.5 Å². The largest absolute Gasteiger partial charge is 0.339 e. The number of hydrogen-bond acceptors (Lipinski definition) is 6. The van der Waals surface area contributed by atoms with E-state index in [1.54, 1.807) is 11.3 Å². The predicted octanol–water partition coefficient (Wildman–Crippen LogP) is 4.23. The fourth-order valence-corrected chi connectivity index (χ4v) is 3.92. The topological polar surface area (TPSA) is 55.1 Å².